The Hall–Kier alpha value is -0.610. The molecule has 1 aliphatic heterocycles. The summed E-state index contributed by atoms with van der Waals surface area (Å²) in [7, 11) is 0. The van der Waals surface area contributed by atoms with Gasteiger partial charge in [0.05, 0.1) is 0 Å². The van der Waals surface area contributed by atoms with Gasteiger partial charge in [-0.15, -0.1) is 0 Å². The molecule has 1 saturated heterocycles. The van der Waals surface area contributed by atoms with Gasteiger partial charge >= 0.3 is 0 Å². The van der Waals surface area contributed by atoms with Gasteiger partial charge in [-0.3, -0.25) is 4.79 Å². The highest BCUT2D eigenvalue weighted by Gasteiger charge is 2.31. The van der Waals surface area contributed by atoms with Crippen molar-refractivity contribution >= 4 is 5.91 Å². The van der Waals surface area contributed by atoms with Crippen molar-refractivity contribution in [2.75, 3.05) is 39.3 Å². The number of rotatable bonds is 4. The van der Waals surface area contributed by atoms with E-state index in [1.54, 1.807) is 0 Å². The van der Waals surface area contributed by atoms with E-state index in [-0.39, 0.29) is 5.92 Å². The number of carbonyl (C=O) groups excluding carboxylic acids is 1. The Morgan fingerprint density at radius 1 is 1.21 bits per heavy atom. The summed E-state index contributed by atoms with van der Waals surface area (Å²) < 4.78 is 0. The lowest BCUT2D eigenvalue weighted by Gasteiger charge is -2.37. The third kappa shape index (κ3) is 3.93. The van der Waals surface area contributed by atoms with Gasteiger partial charge in [-0.2, -0.15) is 0 Å². The minimum Gasteiger partial charge on any atom is -0.340 e. The van der Waals surface area contributed by atoms with Crippen molar-refractivity contribution in [3.8, 4) is 0 Å². The second kappa shape index (κ2) is 7.25. The van der Waals surface area contributed by atoms with Crippen LogP contribution in [-0.4, -0.2) is 55.0 Å². The van der Waals surface area contributed by atoms with Crippen molar-refractivity contribution in [1.29, 1.82) is 0 Å². The number of hydrogen-bond acceptors (Lipinski definition) is 3. The normalized spacial score (nSPS) is 29.5. The Balaban J connectivity index is 1.82. The molecule has 1 aliphatic carbocycles. The average Bonchev–Trinajstić information content (AvgIpc) is 2.47. The molecule has 0 aromatic rings. The van der Waals surface area contributed by atoms with E-state index in [4.69, 9.17) is 5.73 Å². The molecule has 2 aliphatic rings. The zero-order valence-electron chi connectivity index (χ0n) is 12.3. The minimum atomic E-state index is 0.276. The van der Waals surface area contributed by atoms with Crippen molar-refractivity contribution < 1.29 is 4.79 Å². The Morgan fingerprint density at radius 3 is 2.58 bits per heavy atom. The molecule has 2 fully saturated rings. The van der Waals surface area contributed by atoms with Crippen molar-refractivity contribution in [1.82, 2.24) is 9.80 Å². The van der Waals surface area contributed by atoms with Crippen molar-refractivity contribution in [2.24, 2.45) is 17.6 Å². The molecule has 19 heavy (non-hydrogen) atoms. The van der Waals surface area contributed by atoms with Crippen molar-refractivity contribution in [3.63, 3.8) is 0 Å². The molecule has 1 saturated carbocycles. The van der Waals surface area contributed by atoms with Crippen LogP contribution in [0.25, 0.3) is 0 Å². The van der Waals surface area contributed by atoms with Crippen molar-refractivity contribution in [3.05, 3.63) is 0 Å². The van der Waals surface area contributed by atoms with Gasteiger partial charge in [0, 0.05) is 32.1 Å². The molecule has 4 nitrogen and oxygen atoms in total. The van der Waals surface area contributed by atoms with E-state index in [1.807, 2.05) is 0 Å². The quantitative estimate of drug-likeness (QED) is 0.835. The standard InChI is InChI=1S/C15H29N3O/c1-2-17-8-10-18(11-9-17)15(19)14-5-3-4-13(12-14)6-7-16/h13-14H,2-12,16H2,1H3. The molecule has 0 radical (unpaired) electrons. The van der Waals surface area contributed by atoms with Gasteiger partial charge < -0.3 is 15.5 Å². The summed E-state index contributed by atoms with van der Waals surface area (Å²) in [5.74, 6) is 1.38. The van der Waals surface area contributed by atoms with E-state index in [0.717, 1.165) is 58.5 Å². The number of nitrogens with zero attached hydrogens (tertiary/aromatic N) is 2. The van der Waals surface area contributed by atoms with Crippen LogP contribution >= 0.6 is 0 Å². The largest absolute Gasteiger partial charge is 0.340 e. The highest BCUT2D eigenvalue weighted by Crippen LogP contribution is 2.32. The number of amides is 1. The lowest BCUT2D eigenvalue weighted by Crippen LogP contribution is -2.50. The van der Waals surface area contributed by atoms with Gasteiger partial charge in [0.1, 0.15) is 0 Å². The molecule has 1 heterocycles. The molecule has 2 rings (SSSR count). The second-order valence-electron chi connectivity index (χ2n) is 6.07. The maximum atomic E-state index is 12.6. The zero-order valence-corrected chi connectivity index (χ0v) is 12.3. The molecule has 1 amide bonds. The number of carbonyl (C=O) groups is 1. The predicted molar refractivity (Wildman–Crippen MR) is 77.8 cm³/mol. The average molecular weight is 267 g/mol. The van der Waals surface area contributed by atoms with E-state index in [2.05, 4.69) is 16.7 Å². The maximum absolute atomic E-state index is 12.6. The Labute approximate surface area is 117 Å². The minimum absolute atomic E-state index is 0.276. The fourth-order valence-corrected chi connectivity index (χ4v) is 3.56. The molecule has 0 spiro atoms. The summed E-state index contributed by atoms with van der Waals surface area (Å²) in [5, 5.41) is 0. The Bertz CT molecular complexity index is 285. The van der Waals surface area contributed by atoms with E-state index in [1.165, 1.54) is 12.8 Å². The van der Waals surface area contributed by atoms with Gasteiger partial charge in [0.25, 0.3) is 0 Å². The SMILES string of the molecule is CCN1CCN(C(=O)C2CCCC(CCN)C2)CC1. The third-order valence-corrected chi connectivity index (χ3v) is 4.84. The highest BCUT2D eigenvalue weighted by atomic mass is 16.2. The molecule has 0 aromatic carbocycles. The van der Waals surface area contributed by atoms with Gasteiger partial charge in [-0.05, 0) is 38.3 Å². The fourth-order valence-electron chi connectivity index (χ4n) is 3.56. The number of piperazine rings is 1. The summed E-state index contributed by atoms with van der Waals surface area (Å²) in [6, 6.07) is 0. The lowest BCUT2D eigenvalue weighted by molar-refractivity contribution is -0.138. The monoisotopic (exact) mass is 267 g/mol. The van der Waals surface area contributed by atoms with E-state index in [0.29, 0.717) is 11.8 Å². The molecule has 4 heteroatoms. The van der Waals surface area contributed by atoms with Crippen molar-refractivity contribution in [2.45, 2.75) is 39.0 Å². The summed E-state index contributed by atoms with van der Waals surface area (Å²) in [6.07, 6.45) is 5.73. The van der Waals surface area contributed by atoms with Crippen LogP contribution in [0.2, 0.25) is 0 Å². The number of hydrogen-bond donors (Lipinski definition) is 1. The smallest absolute Gasteiger partial charge is 0.225 e. The zero-order chi connectivity index (χ0) is 13.7. The summed E-state index contributed by atoms with van der Waals surface area (Å²) in [4.78, 5) is 17.1. The molecule has 2 N–H and O–H groups in total. The van der Waals surface area contributed by atoms with E-state index < -0.39 is 0 Å². The summed E-state index contributed by atoms with van der Waals surface area (Å²) >= 11 is 0. The summed E-state index contributed by atoms with van der Waals surface area (Å²) in [6.45, 7) is 7.98. The van der Waals surface area contributed by atoms with Crippen LogP contribution in [0.1, 0.15) is 39.0 Å². The van der Waals surface area contributed by atoms with E-state index >= 15 is 0 Å². The van der Waals surface area contributed by atoms with Crippen LogP contribution in [0.15, 0.2) is 0 Å². The number of likely N-dealkylation sites (N-methyl/N-ethyl adjacent to an activating group) is 1. The molecule has 0 aromatic heterocycles. The van der Waals surface area contributed by atoms with Crippen LogP contribution in [-0.2, 0) is 4.79 Å². The second-order valence-corrected chi connectivity index (χ2v) is 6.07. The first kappa shape index (κ1) is 14.8. The molecule has 0 bridgehead atoms. The lowest BCUT2D eigenvalue weighted by atomic mass is 9.79. The fraction of sp³-hybridized carbons (Fsp3) is 0.933. The highest BCUT2D eigenvalue weighted by molar-refractivity contribution is 5.79. The predicted octanol–water partition coefficient (Wildman–Crippen LogP) is 1.31. The van der Waals surface area contributed by atoms with Gasteiger partial charge in [-0.1, -0.05) is 19.8 Å². The summed E-state index contributed by atoms with van der Waals surface area (Å²) in [5.41, 5.74) is 5.65. The van der Waals surface area contributed by atoms with Gasteiger partial charge in [-0.25, -0.2) is 0 Å². The number of nitrogens with two attached hydrogens (primary N) is 1. The molecule has 110 valence electrons. The molecule has 2 atom stereocenters. The van der Waals surface area contributed by atoms with Gasteiger partial charge in [0.2, 0.25) is 5.91 Å². The molecule has 2 unspecified atom stereocenters. The van der Waals surface area contributed by atoms with E-state index in [9.17, 15) is 4.79 Å². The first-order valence-corrected chi connectivity index (χ1v) is 7.95. The Kier molecular flexibility index (Phi) is 5.64. The topological polar surface area (TPSA) is 49.6 Å². The van der Waals surface area contributed by atoms with Crippen LogP contribution in [0.4, 0.5) is 0 Å². The first-order valence-electron chi connectivity index (χ1n) is 7.95. The van der Waals surface area contributed by atoms with Crippen LogP contribution in [0.3, 0.4) is 0 Å². The third-order valence-electron chi connectivity index (χ3n) is 4.84. The van der Waals surface area contributed by atoms with Crippen LogP contribution in [0.5, 0.6) is 0 Å². The molecular formula is C15H29N3O. The first-order chi connectivity index (χ1) is 9.24. The Morgan fingerprint density at radius 2 is 1.95 bits per heavy atom. The van der Waals surface area contributed by atoms with Gasteiger partial charge in [0.15, 0.2) is 0 Å². The maximum Gasteiger partial charge on any atom is 0.225 e. The van der Waals surface area contributed by atoms with Crippen LogP contribution < -0.4 is 5.73 Å². The molecular weight excluding hydrogens is 238 g/mol. The van der Waals surface area contributed by atoms with Crippen LogP contribution in [0, 0.1) is 11.8 Å².